The Morgan fingerprint density at radius 3 is 2.37 bits per heavy atom. The average Bonchev–Trinajstić information content (AvgIpc) is 2.36. The van der Waals surface area contributed by atoms with Crippen molar-refractivity contribution >= 4 is 16.7 Å². The highest BCUT2D eigenvalue weighted by molar-refractivity contribution is 5.86. The number of hydrogen-bond acceptors (Lipinski definition) is 2. The molecule has 3 heteroatoms. The topological polar surface area (TPSA) is 57.5 Å². The lowest BCUT2D eigenvalue weighted by molar-refractivity contribution is -0.151. The molecular formula is C16H16O3. The number of aliphatic hydroxyl groups is 1. The summed E-state index contributed by atoms with van der Waals surface area (Å²) in [4.78, 5) is 11.5. The van der Waals surface area contributed by atoms with E-state index >= 15 is 0 Å². The highest BCUT2D eigenvalue weighted by Gasteiger charge is 2.47. The smallest absolute Gasteiger partial charge is 0.313 e. The predicted octanol–water partition coefficient (Wildman–Crippen LogP) is 2.92. The van der Waals surface area contributed by atoms with Gasteiger partial charge in [-0.2, -0.15) is 0 Å². The molecule has 1 saturated carbocycles. The number of fused-ring (bicyclic) bond motifs is 1. The van der Waals surface area contributed by atoms with Crippen LogP contribution in [0.25, 0.3) is 10.8 Å². The third kappa shape index (κ3) is 2.00. The lowest BCUT2D eigenvalue weighted by atomic mass is 9.68. The first-order valence-electron chi connectivity index (χ1n) is 6.54. The Balaban J connectivity index is 2.07. The summed E-state index contributed by atoms with van der Waals surface area (Å²) in [7, 11) is 0. The van der Waals surface area contributed by atoms with E-state index in [0.29, 0.717) is 18.4 Å². The van der Waals surface area contributed by atoms with Crippen molar-refractivity contribution in [1.29, 1.82) is 0 Å². The number of hydrogen-bond donors (Lipinski definition) is 2. The molecule has 0 radical (unpaired) electrons. The maximum Gasteiger partial charge on any atom is 0.313 e. The van der Waals surface area contributed by atoms with Gasteiger partial charge in [0.1, 0.15) is 5.92 Å². The Morgan fingerprint density at radius 2 is 1.79 bits per heavy atom. The van der Waals surface area contributed by atoms with Crippen LogP contribution in [0, 0.1) is 0 Å². The van der Waals surface area contributed by atoms with Crippen LogP contribution in [0.2, 0.25) is 0 Å². The fourth-order valence-corrected chi connectivity index (χ4v) is 2.90. The summed E-state index contributed by atoms with van der Waals surface area (Å²) in [6, 6.07) is 13.5. The molecule has 0 bridgehead atoms. The van der Waals surface area contributed by atoms with Crippen molar-refractivity contribution in [2.24, 2.45) is 0 Å². The van der Waals surface area contributed by atoms with Gasteiger partial charge in [0.05, 0.1) is 5.60 Å². The van der Waals surface area contributed by atoms with Crippen molar-refractivity contribution < 1.29 is 15.0 Å². The maximum atomic E-state index is 11.5. The molecule has 2 aromatic rings. The van der Waals surface area contributed by atoms with Gasteiger partial charge in [-0.15, -0.1) is 0 Å². The summed E-state index contributed by atoms with van der Waals surface area (Å²) in [6.07, 6.45) is 2.03. The first-order valence-corrected chi connectivity index (χ1v) is 6.54. The minimum Gasteiger partial charge on any atom is -0.481 e. The molecule has 0 heterocycles. The van der Waals surface area contributed by atoms with Gasteiger partial charge in [0.25, 0.3) is 0 Å². The molecule has 3 rings (SSSR count). The molecule has 1 aliphatic rings. The van der Waals surface area contributed by atoms with Gasteiger partial charge < -0.3 is 10.2 Å². The van der Waals surface area contributed by atoms with Crippen LogP contribution >= 0.6 is 0 Å². The first kappa shape index (κ1) is 12.2. The first-order chi connectivity index (χ1) is 9.10. The molecule has 2 aromatic carbocycles. The van der Waals surface area contributed by atoms with Gasteiger partial charge in [0.15, 0.2) is 0 Å². The lowest BCUT2D eigenvalue weighted by Crippen LogP contribution is -2.46. The highest BCUT2D eigenvalue weighted by Crippen LogP contribution is 2.44. The normalized spacial score (nSPS) is 18.8. The number of carbonyl (C=O) groups is 1. The average molecular weight is 256 g/mol. The van der Waals surface area contributed by atoms with E-state index in [2.05, 4.69) is 0 Å². The van der Waals surface area contributed by atoms with E-state index in [-0.39, 0.29) is 0 Å². The number of carboxylic acids is 1. The summed E-state index contributed by atoms with van der Waals surface area (Å²) in [5.74, 6) is -1.77. The summed E-state index contributed by atoms with van der Waals surface area (Å²) in [6.45, 7) is 0. The van der Waals surface area contributed by atoms with E-state index in [1.54, 1.807) is 0 Å². The second-order valence-electron chi connectivity index (χ2n) is 5.33. The molecule has 3 nitrogen and oxygen atoms in total. The van der Waals surface area contributed by atoms with Crippen molar-refractivity contribution in [3.8, 4) is 0 Å². The van der Waals surface area contributed by atoms with Crippen LogP contribution < -0.4 is 0 Å². The number of carboxylic acid groups (broad SMARTS) is 1. The van der Waals surface area contributed by atoms with Gasteiger partial charge >= 0.3 is 5.97 Å². The van der Waals surface area contributed by atoms with Crippen LogP contribution in [0.1, 0.15) is 30.7 Å². The van der Waals surface area contributed by atoms with Crippen LogP contribution in [0.15, 0.2) is 42.5 Å². The van der Waals surface area contributed by atoms with E-state index in [1.165, 1.54) is 0 Å². The highest BCUT2D eigenvalue weighted by atomic mass is 16.4. The largest absolute Gasteiger partial charge is 0.481 e. The number of benzene rings is 2. The molecule has 19 heavy (non-hydrogen) atoms. The Labute approximate surface area is 111 Å². The van der Waals surface area contributed by atoms with Crippen molar-refractivity contribution in [3.05, 3.63) is 48.0 Å². The molecule has 98 valence electrons. The minimum absolute atomic E-state index is 0.566. The van der Waals surface area contributed by atoms with E-state index < -0.39 is 17.5 Å². The summed E-state index contributed by atoms with van der Waals surface area (Å²) >= 11 is 0. The third-order valence-electron chi connectivity index (χ3n) is 4.11. The van der Waals surface area contributed by atoms with Crippen molar-refractivity contribution in [2.75, 3.05) is 0 Å². The Morgan fingerprint density at radius 1 is 1.11 bits per heavy atom. The Bertz CT molecular complexity index is 629. The number of rotatable bonds is 3. The molecule has 0 spiro atoms. The lowest BCUT2D eigenvalue weighted by Gasteiger charge is -2.41. The molecule has 1 aliphatic carbocycles. The van der Waals surface area contributed by atoms with Crippen LogP contribution in [0.3, 0.4) is 0 Å². The van der Waals surface area contributed by atoms with E-state index in [1.807, 2.05) is 42.5 Å². The fraction of sp³-hybridized carbons (Fsp3) is 0.312. The molecule has 0 aliphatic heterocycles. The van der Waals surface area contributed by atoms with Crippen LogP contribution in [0.5, 0.6) is 0 Å². The number of aliphatic carboxylic acids is 1. The van der Waals surface area contributed by atoms with Crippen LogP contribution in [-0.4, -0.2) is 21.8 Å². The van der Waals surface area contributed by atoms with Gasteiger partial charge in [-0.1, -0.05) is 42.5 Å². The molecule has 2 N–H and O–H groups in total. The third-order valence-corrected chi connectivity index (χ3v) is 4.11. The van der Waals surface area contributed by atoms with Crippen LogP contribution in [0.4, 0.5) is 0 Å². The quantitative estimate of drug-likeness (QED) is 0.887. The molecule has 1 atom stereocenters. The Hall–Kier alpha value is -1.87. The maximum absolute atomic E-state index is 11.5. The molecule has 0 aromatic heterocycles. The molecule has 1 fully saturated rings. The van der Waals surface area contributed by atoms with Crippen molar-refractivity contribution in [3.63, 3.8) is 0 Å². The summed E-state index contributed by atoms with van der Waals surface area (Å²) in [5, 5.41) is 21.9. The molecule has 0 saturated heterocycles. The van der Waals surface area contributed by atoms with Gasteiger partial charge in [-0.05, 0) is 35.6 Å². The van der Waals surface area contributed by atoms with Gasteiger partial charge in [-0.3, -0.25) is 4.79 Å². The zero-order valence-electron chi connectivity index (χ0n) is 10.5. The van der Waals surface area contributed by atoms with Gasteiger partial charge in [-0.25, -0.2) is 0 Å². The second-order valence-corrected chi connectivity index (χ2v) is 5.33. The summed E-state index contributed by atoms with van der Waals surface area (Å²) < 4.78 is 0. The standard InChI is InChI=1S/C16H16O3/c17-15(18)14(16(19)8-3-9-16)13-7-6-11-4-1-2-5-12(11)10-13/h1-2,4-7,10,14,19H,3,8-9H2,(H,17,18). The molecule has 1 unspecified atom stereocenters. The van der Waals surface area contributed by atoms with Gasteiger partial charge in [0, 0.05) is 0 Å². The van der Waals surface area contributed by atoms with E-state index in [0.717, 1.165) is 17.2 Å². The SMILES string of the molecule is O=C(O)C(c1ccc2ccccc2c1)C1(O)CCC1. The minimum atomic E-state index is -1.08. The molecule has 0 amide bonds. The van der Waals surface area contributed by atoms with Gasteiger partial charge in [0.2, 0.25) is 0 Å². The van der Waals surface area contributed by atoms with Crippen molar-refractivity contribution in [1.82, 2.24) is 0 Å². The summed E-state index contributed by atoms with van der Waals surface area (Å²) in [5.41, 5.74) is -0.387. The molecular weight excluding hydrogens is 240 g/mol. The zero-order chi connectivity index (χ0) is 13.5. The zero-order valence-corrected chi connectivity index (χ0v) is 10.5. The Kier molecular flexibility index (Phi) is 2.79. The van der Waals surface area contributed by atoms with E-state index in [4.69, 9.17) is 0 Å². The predicted molar refractivity (Wildman–Crippen MR) is 73.1 cm³/mol. The van der Waals surface area contributed by atoms with Crippen LogP contribution in [-0.2, 0) is 4.79 Å². The fourth-order valence-electron chi connectivity index (χ4n) is 2.90. The monoisotopic (exact) mass is 256 g/mol. The second kappa shape index (κ2) is 4.35. The van der Waals surface area contributed by atoms with E-state index in [9.17, 15) is 15.0 Å². The van der Waals surface area contributed by atoms with Crippen molar-refractivity contribution in [2.45, 2.75) is 30.8 Å².